The fourth-order valence-electron chi connectivity index (χ4n) is 2.05. The molecule has 2 heterocycles. The molecule has 96 valence electrons. The van der Waals surface area contributed by atoms with Gasteiger partial charge in [0.15, 0.2) is 0 Å². The quantitative estimate of drug-likeness (QED) is 0.776. The number of carbonyl (C=O) groups is 1. The Morgan fingerprint density at radius 3 is 3.00 bits per heavy atom. The zero-order valence-electron chi connectivity index (χ0n) is 10.2. The van der Waals surface area contributed by atoms with Crippen molar-refractivity contribution in [1.82, 2.24) is 14.7 Å². The molecule has 0 atom stereocenters. The Labute approximate surface area is 108 Å². The van der Waals surface area contributed by atoms with Crippen LogP contribution in [0.5, 0.6) is 0 Å². The highest BCUT2D eigenvalue weighted by Gasteiger charge is 2.13. The molecule has 0 aliphatic heterocycles. The Kier molecular flexibility index (Phi) is 2.56. The summed E-state index contributed by atoms with van der Waals surface area (Å²) in [5.41, 5.74) is 2.22. The third kappa shape index (κ3) is 1.97. The summed E-state index contributed by atoms with van der Waals surface area (Å²) >= 11 is 0. The Bertz CT molecular complexity index is 757. The van der Waals surface area contributed by atoms with Gasteiger partial charge in [0.05, 0.1) is 24.0 Å². The number of aromatic carboxylic acids is 1. The lowest BCUT2D eigenvalue weighted by molar-refractivity contribution is 0.0699. The fraction of sp³-hybridized carbons (Fsp3) is 0.154. The van der Waals surface area contributed by atoms with Gasteiger partial charge in [0, 0.05) is 6.07 Å². The van der Waals surface area contributed by atoms with E-state index in [2.05, 4.69) is 10.1 Å². The summed E-state index contributed by atoms with van der Waals surface area (Å²) in [6.07, 6.45) is 1.61. The molecule has 0 amide bonds. The molecule has 0 aliphatic carbocycles. The van der Waals surface area contributed by atoms with Crippen LogP contribution >= 0.6 is 0 Å². The highest BCUT2D eigenvalue weighted by Crippen LogP contribution is 2.18. The van der Waals surface area contributed by atoms with Crippen molar-refractivity contribution in [3.05, 3.63) is 47.6 Å². The van der Waals surface area contributed by atoms with Crippen molar-refractivity contribution in [2.75, 3.05) is 0 Å². The summed E-state index contributed by atoms with van der Waals surface area (Å²) in [7, 11) is 0. The molecule has 0 saturated heterocycles. The Morgan fingerprint density at radius 1 is 1.47 bits per heavy atom. The van der Waals surface area contributed by atoms with E-state index < -0.39 is 5.97 Å². The Balaban J connectivity index is 2.06. The minimum atomic E-state index is -0.979. The molecule has 0 fully saturated rings. The molecule has 0 spiro atoms. The molecular formula is C13H11N3O3. The highest BCUT2D eigenvalue weighted by atomic mass is 16.5. The SMILES string of the molecule is Cc1cc(Cn2cnc3c(C(=O)O)cccc32)no1. The summed E-state index contributed by atoms with van der Waals surface area (Å²) in [5.74, 6) is -0.237. The number of aromatic nitrogens is 3. The number of nitrogens with zero attached hydrogens (tertiary/aromatic N) is 3. The first-order valence-electron chi connectivity index (χ1n) is 5.74. The summed E-state index contributed by atoms with van der Waals surface area (Å²) in [6.45, 7) is 2.32. The van der Waals surface area contributed by atoms with Gasteiger partial charge in [-0.3, -0.25) is 0 Å². The van der Waals surface area contributed by atoms with Gasteiger partial charge < -0.3 is 14.2 Å². The average molecular weight is 257 g/mol. The number of benzene rings is 1. The lowest BCUT2D eigenvalue weighted by Gasteiger charge is -2.01. The molecule has 3 rings (SSSR count). The van der Waals surface area contributed by atoms with Crippen LogP contribution in [-0.2, 0) is 6.54 Å². The number of carboxylic acids is 1. The third-order valence-electron chi connectivity index (χ3n) is 2.89. The van der Waals surface area contributed by atoms with Gasteiger partial charge in [-0.25, -0.2) is 9.78 Å². The van der Waals surface area contributed by atoms with Gasteiger partial charge in [-0.15, -0.1) is 0 Å². The van der Waals surface area contributed by atoms with Crippen molar-refractivity contribution in [1.29, 1.82) is 0 Å². The Morgan fingerprint density at radius 2 is 2.32 bits per heavy atom. The predicted molar refractivity (Wildman–Crippen MR) is 67.0 cm³/mol. The number of hydrogen-bond acceptors (Lipinski definition) is 4. The van der Waals surface area contributed by atoms with Crippen LogP contribution in [0.1, 0.15) is 21.8 Å². The summed E-state index contributed by atoms with van der Waals surface area (Å²) in [4.78, 5) is 15.3. The molecule has 19 heavy (non-hydrogen) atoms. The van der Waals surface area contributed by atoms with Crippen LogP contribution in [0.3, 0.4) is 0 Å². The molecule has 0 saturated carbocycles. The first-order chi connectivity index (χ1) is 9.15. The van der Waals surface area contributed by atoms with Crippen molar-refractivity contribution >= 4 is 17.0 Å². The lowest BCUT2D eigenvalue weighted by atomic mass is 10.2. The van der Waals surface area contributed by atoms with Gasteiger partial charge in [0.25, 0.3) is 0 Å². The van der Waals surface area contributed by atoms with Crippen LogP contribution < -0.4 is 0 Å². The number of fused-ring (bicyclic) bond motifs is 1. The number of aryl methyl sites for hydroxylation is 1. The molecule has 6 heteroatoms. The molecule has 0 bridgehead atoms. The summed E-state index contributed by atoms with van der Waals surface area (Å²) in [5, 5.41) is 13.0. The second-order valence-corrected chi connectivity index (χ2v) is 4.28. The maximum absolute atomic E-state index is 11.1. The van der Waals surface area contributed by atoms with Crippen molar-refractivity contribution in [2.24, 2.45) is 0 Å². The van der Waals surface area contributed by atoms with E-state index in [1.807, 2.05) is 23.6 Å². The van der Waals surface area contributed by atoms with Gasteiger partial charge in [-0.2, -0.15) is 0 Å². The van der Waals surface area contributed by atoms with E-state index in [0.717, 1.165) is 17.0 Å². The minimum absolute atomic E-state index is 0.201. The van der Waals surface area contributed by atoms with Crippen LogP contribution in [-0.4, -0.2) is 25.8 Å². The van der Waals surface area contributed by atoms with E-state index in [0.29, 0.717) is 12.1 Å². The molecule has 3 aromatic rings. The van der Waals surface area contributed by atoms with E-state index in [1.165, 1.54) is 0 Å². The van der Waals surface area contributed by atoms with Gasteiger partial charge in [0.2, 0.25) is 0 Å². The molecule has 2 aromatic heterocycles. The number of imidazole rings is 1. The molecule has 0 unspecified atom stereocenters. The monoisotopic (exact) mass is 257 g/mol. The molecule has 6 nitrogen and oxygen atoms in total. The molecule has 0 radical (unpaired) electrons. The van der Waals surface area contributed by atoms with E-state index in [1.54, 1.807) is 18.5 Å². The lowest BCUT2D eigenvalue weighted by Crippen LogP contribution is -2.00. The molecule has 1 N–H and O–H groups in total. The number of carboxylic acid groups (broad SMARTS) is 1. The van der Waals surface area contributed by atoms with Crippen LogP contribution in [0.25, 0.3) is 11.0 Å². The standard InChI is InChI=1S/C13H11N3O3/c1-8-5-9(15-19-8)6-16-7-14-12-10(13(17)18)3-2-4-11(12)16/h2-5,7H,6H2,1H3,(H,17,18). The molecule has 0 aliphatic rings. The van der Waals surface area contributed by atoms with Crippen LogP contribution in [0.15, 0.2) is 35.1 Å². The molecular weight excluding hydrogens is 246 g/mol. The predicted octanol–water partition coefficient (Wildman–Crippen LogP) is 2.08. The van der Waals surface area contributed by atoms with Gasteiger partial charge in [0.1, 0.15) is 17.0 Å². The number of rotatable bonds is 3. The first-order valence-corrected chi connectivity index (χ1v) is 5.74. The summed E-state index contributed by atoms with van der Waals surface area (Å²) < 4.78 is 6.86. The minimum Gasteiger partial charge on any atom is -0.478 e. The van der Waals surface area contributed by atoms with Crippen LogP contribution in [0, 0.1) is 6.92 Å². The number of hydrogen-bond donors (Lipinski definition) is 1. The maximum atomic E-state index is 11.1. The smallest absolute Gasteiger partial charge is 0.337 e. The van der Waals surface area contributed by atoms with Crippen molar-refractivity contribution in [3.63, 3.8) is 0 Å². The Hall–Kier alpha value is -2.63. The van der Waals surface area contributed by atoms with E-state index >= 15 is 0 Å². The number of para-hydroxylation sites is 1. The third-order valence-corrected chi connectivity index (χ3v) is 2.89. The molecule has 1 aromatic carbocycles. The van der Waals surface area contributed by atoms with Gasteiger partial charge in [-0.1, -0.05) is 11.2 Å². The first kappa shape index (κ1) is 11.5. The topological polar surface area (TPSA) is 81.2 Å². The van der Waals surface area contributed by atoms with Crippen molar-refractivity contribution in [3.8, 4) is 0 Å². The van der Waals surface area contributed by atoms with E-state index in [4.69, 9.17) is 9.63 Å². The summed E-state index contributed by atoms with van der Waals surface area (Å²) in [6, 6.07) is 6.93. The van der Waals surface area contributed by atoms with Crippen LogP contribution in [0.4, 0.5) is 0 Å². The van der Waals surface area contributed by atoms with Crippen LogP contribution in [0.2, 0.25) is 0 Å². The van der Waals surface area contributed by atoms with E-state index in [-0.39, 0.29) is 5.56 Å². The zero-order chi connectivity index (χ0) is 13.4. The largest absolute Gasteiger partial charge is 0.478 e. The average Bonchev–Trinajstić information content (AvgIpc) is 2.97. The zero-order valence-corrected chi connectivity index (χ0v) is 10.2. The van der Waals surface area contributed by atoms with Crippen molar-refractivity contribution < 1.29 is 14.4 Å². The van der Waals surface area contributed by atoms with Gasteiger partial charge >= 0.3 is 5.97 Å². The normalized spacial score (nSPS) is 11.0. The maximum Gasteiger partial charge on any atom is 0.337 e. The van der Waals surface area contributed by atoms with E-state index in [9.17, 15) is 4.79 Å². The van der Waals surface area contributed by atoms with Gasteiger partial charge in [-0.05, 0) is 19.1 Å². The highest BCUT2D eigenvalue weighted by molar-refractivity contribution is 6.00. The second kappa shape index (κ2) is 4.24. The fourth-order valence-corrected chi connectivity index (χ4v) is 2.05. The van der Waals surface area contributed by atoms with Crippen molar-refractivity contribution in [2.45, 2.75) is 13.5 Å². The second-order valence-electron chi connectivity index (χ2n) is 4.28.